The lowest BCUT2D eigenvalue weighted by atomic mass is 9.93. The van der Waals surface area contributed by atoms with Gasteiger partial charge in [0.15, 0.2) is 0 Å². The fourth-order valence-electron chi connectivity index (χ4n) is 2.76. The van der Waals surface area contributed by atoms with E-state index in [-0.39, 0.29) is 6.04 Å². The Balaban J connectivity index is 2.11. The highest BCUT2D eigenvalue weighted by atomic mass is 15.2. The van der Waals surface area contributed by atoms with E-state index >= 15 is 0 Å². The van der Waals surface area contributed by atoms with Gasteiger partial charge in [-0.3, -0.25) is 0 Å². The Morgan fingerprint density at radius 1 is 1.24 bits per heavy atom. The molecule has 0 bridgehead atoms. The highest BCUT2D eigenvalue weighted by Gasteiger charge is 2.22. The van der Waals surface area contributed by atoms with Gasteiger partial charge in [-0.1, -0.05) is 19.1 Å². The predicted octanol–water partition coefficient (Wildman–Crippen LogP) is 3.33. The second-order valence-electron chi connectivity index (χ2n) is 5.55. The van der Waals surface area contributed by atoms with Gasteiger partial charge < -0.3 is 10.6 Å². The molecule has 1 aromatic rings. The number of nitrogens with two attached hydrogens (primary N) is 1. The Labute approximate surface area is 105 Å². The summed E-state index contributed by atoms with van der Waals surface area (Å²) in [5.41, 5.74) is 8.43. The van der Waals surface area contributed by atoms with Crippen LogP contribution in [0.15, 0.2) is 24.3 Å². The summed E-state index contributed by atoms with van der Waals surface area (Å²) in [4.78, 5) is 2.52. The molecule has 1 heterocycles. The summed E-state index contributed by atoms with van der Waals surface area (Å²) in [5.74, 6) is 0.865. The average Bonchev–Trinajstić information content (AvgIpc) is 2.29. The fraction of sp³-hybridized carbons (Fsp3) is 0.600. The molecule has 0 aliphatic carbocycles. The van der Waals surface area contributed by atoms with Crippen LogP contribution in [0.2, 0.25) is 0 Å². The van der Waals surface area contributed by atoms with E-state index < -0.39 is 0 Å². The first-order valence-electron chi connectivity index (χ1n) is 6.70. The van der Waals surface area contributed by atoms with Gasteiger partial charge in [0.05, 0.1) is 0 Å². The van der Waals surface area contributed by atoms with Crippen LogP contribution in [0.4, 0.5) is 5.69 Å². The second-order valence-corrected chi connectivity index (χ2v) is 5.55. The number of hydrogen-bond donors (Lipinski definition) is 1. The van der Waals surface area contributed by atoms with Crippen LogP contribution in [0.1, 0.15) is 45.2 Å². The Morgan fingerprint density at radius 2 is 1.88 bits per heavy atom. The van der Waals surface area contributed by atoms with Crippen LogP contribution in [0, 0.1) is 5.92 Å². The molecule has 0 aromatic heterocycles. The summed E-state index contributed by atoms with van der Waals surface area (Å²) in [5, 5.41) is 0. The standard InChI is InChI=1S/C15H24N2/c1-11-8-9-17(12(2)10-11)15-6-4-14(5-7-15)13(3)16/h4-7,11-13H,8-10,16H2,1-3H3/t11?,12?,13-/m1/s1. The number of hydrogen-bond acceptors (Lipinski definition) is 2. The zero-order valence-electron chi connectivity index (χ0n) is 11.2. The summed E-state index contributed by atoms with van der Waals surface area (Å²) in [6.45, 7) is 7.89. The summed E-state index contributed by atoms with van der Waals surface area (Å²) < 4.78 is 0. The van der Waals surface area contributed by atoms with Gasteiger partial charge >= 0.3 is 0 Å². The third kappa shape index (κ3) is 2.81. The van der Waals surface area contributed by atoms with Crippen molar-refractivity contribution >= 4 is 5.69 Å². The molecule has 17 heavy (non-hydrogen) atoms. The first-order chi connectivity index (χ1) is 8.08. The highest BCUT2D eigenvalue weighted by Crippen LogP contribution is 2.28. The van der Waals surface area contributed by atoms with E-state index in [2.05, 4.69) is 43.0 Å². The maximum absolute atomic E-state index is 5.87. The number of piperidine rings is 1. The van der Waals surface area contributed by atoms with E-state index in [0.717, 1.165) is 5.92 Å². The molecule has 2 heteroatoms. The maximum atomic E-state index is 5.87. The van der Waals surface area contributed by atoms with Gasteiger partial charge in [0.2, 0.25) is 0 Å². The van der Waals surface area contributed by atoms with Gasteiger partial charge in [0, 0.05) is 24.3 Å². The van der Waals surface area contributed by atoms with Gasteiger partial charge in [-0.2, -0.15) is 0 Å². The van der Waals surface area contributed by atoms with E-state index in [1.165, 1.54) is 30.6 Å². The zero-order valence-corrected chi connectivity index (χ0v) is 11.2. The van der Waals surface area contributed by atoms with Crippen molar-refractivity contribution in [3.63, 3.8) is 0 Å². The smallest absolute Gasteiger partial charge is 0.0368 e. The Hall–Kier alpha value is -1.02. The number of anilines is 1. The molecule has 1 aromatic carbocycles. The molecule has 2 nitrogen and oxygen atoms in total. The summed E-state index contributed by atoms with van der Waals surface area (Å²) in [6, 6.07) is 9.52. The molecule has 2 rings (SSSR count). The molecule has 2 N–H and O–H groups in total. The summed E-state index contributed by atoms with van der Waals surface area (Å²) in [6.07, 6.45) is 2.61. The van der Waals surface area contributed by atoms with Gasteiger partial charge in [0.25, 0.3) is 0 Å². The first-order valence-corrected chi connectivity index (χ1v) is 6.70. The van der Waals surface area contributed by atoms with Crippen molar-refractivity contribution in [2.45, 2.75) is 45.7 Å². The van der Waals surface area contributed by atoms with E-state index in [1.807, 2.05) is 6.92 Å². The monoisotopic (exact) mass is 232 g/mol. The average molecular weight is 232 g/mol. The maximum Gasteiger partial charge on any atom is 0.0368 e. The number of benzene rings is 1. The van der Waals surface area contributed by atoms with Crippen molar-refractivity contribution in [3.8, 4) is 0 Å². The molecule has 1 saturated heterocycles. The third-order valence-corrected chi connectivity index (χ3v) is 3.89. The minimum Gasteiger partial charge on any atom is -0.369 e. The molecule has 1 aliphatic heterocycles. The van der Waals surface area contributed by atoms with Gasteiger partial charge in [0.1, 0.15) is 0 Å². The molecule has 0 radical (unpaired) electrons. The number of rotatable bonds is 2. The zero-order chi connectivity index (χ0) is 12.4. The van der Waals surface area contributed by atoms with Crippen molar-refractivity contribution in [1.29, 1.82) is 0 Å². The van der Waals surface area contributed by atoms with Crippen LogP contribution in [0.5, 0.6) is 0 Å². The molecule has 0 spiro atoms. The fourth-order valence-corrected chi connectivity index (χ4v) is 2.76. The van der Waals surface area contributed by atoms with Crippen LogP contribution in [-0.2, 0) is 0 Å². The van der Waals surface area contributed by atoms with Crippen molar-refractivity contribution in [2.24, 2.45) is 11.7 Å². The molecule has 1 fully saturated rings. The molecule has 0 amide bonds. The normalized spacial score (nSPS) is 26.9. The lowest BCUT2D eigenvalue weighted by Gasteiger charge is -2.38. The van der Waals surface area contributed by atoms with Gasteiger partial charge in [-0.25, -0.2) is 0 Å². The predicted molar refractivity (Wildman–Crippen MR) is 74.3 cm³/mol. The molecule has 1 aliphatic rings. The Kier molecular flexibility index (Phi) is 3.72. The van der Waals surface area contributed by atoms with Crippen LogP contribution in [0.25, 0.3) is 0 Å². The quantitative estimate of drug-likeness (QED) is 0.847. The van der Waals surface area contributed by atoms with Gasteiger partial charge in [-0.15, -0.1) is 0 Å². The van der Waals surface area contributed by atoms with E-state index in [1.54, 1.807) is 0 Å². The van der Waals surface area contributed by atoms with Crippen LogP contribution in [-0.4, -0.2) is 12.6 Å². The third-order valence-electron chi connectivity index (χ3n) is 3.89. The Bertz CT molecular complexity index is 356. The lowest BCUT2D eigenvalue weighted by Crippen LogP contribution is -2.40. The van der Waals surface area contributed by atoms with Crippen molar-refractivity contribution in [1.82, 2.24) is 0 Å². The summed E-state index contributed by atoms with van der Waals surface area (Å²) in [7, 11) is 0. The molecule has 0 saturated carbocycles. The molecule has 2 unspecified atom stereocenters. The van der Waals surface area contributed by atoms with E-state index in [9.17, 15) is 0 Å². The SMILES string of the molecule is CC1CCN(c2ccc([C@@H](C)N)cc2)C(C)C1. The molecular weight excluding hydrogens is 208 g/mol. The van der Waals surface area contributed by atoms with Gasteiger partial charge in [-0.05, 0) is 50.3 Å². The molecule has 94 valence electrons. The highest BCUT2D eigenvalue weighted by molar-refractivity contribution is 5.49. The minimum absolute atomic E-state index is 0.128. The molecular formula is C15H24N2. The second kappa shape index (κ2) is 5.09. The largest absolute Gasteiger partial charge is 0.369 e. The Morgan fingerprint density at radius 3 is 2.41 bits per heavy atom. The van der Waals surface area contributed by atoms with Crippen LogP contribution >= 0.6 is 0 Å². The van der Waals surface area contributed by atoms with E-state index in [0.29, 0.717) is 6.04 Å². The number of nitrogens with zero attached hydrogens (tertiary/aromatic N) is 1. The summed E-state index contributed by atoms with van der Waals surface area (Å²) >= 11 is 0. The van der Waals surface area contributed by atoms with Crippen molar-refractivity contribution in [2.75, 3.05) is 11.4 Å². The van der Waals surface area contributed by atoms with Crippen LogP contribution < -0.4 is 10.6 Å². The van der Waals surface area contributed by atoms with Crippen LogP contribution in [0.3, 0.4) is 0 Å². The van der Waals surface area contributed by atoms with E-state index in [4.69, 9.17) is 5.73 Å². The van der Waals surface area contributed by atoms with Crippen molar-refractivity contribution in [3.05, 3.63) is 29.8 Å². The topological polar surface area (TPSA) is 29.3 Å². The first kappa shape index (κ1) is 12.4. The van der Waals surface area contributed by atoms with Crippen molar-refractivity contribution < 1.29 is 0 Å². The minimum atomic E-state index is 0.128. The lowest BCUT2D eigenvalue weighted by molar-refractivity contribution is 0.378. The molecule has 3 atom stereocenters.